The van der Waals surface area contributed by atoms with Crippen molar-refractivity contribution in [1.82, 2.24) is 4.90 Å². The molecule has 0 radical (unpaired) electrons. The highest BCUT2D eigenvalue weighted by Gasteiger charge is 2.15. The summed E-state index contributed by atoms with van der Waals surface area (Å²) < 4.78 is 0. The monoisotopic (exact) mass is 319 g/mol. The van der Waals surface area contributed by atoms with E-state index in [1.807, 2.05) is 6.08 Å². The van der Waals surface area contributed by atoms with E-state index in [4.69, 9.17) is 0 Å². The maximum atomic E-state index is 3.30. The molecule has 0 saturated heterocycles. The third kappa shape index (κ3) is 4.98. The lowest BCUT2D eigenvalue weighted by molar-refractivity contribution is 0.263. The number of hydrogen-bond donors (Lipinski definition) is 0. The summed E-state index contributed by atoms with van der Waals surface area (Å²) in [5.41, 5.74) is 1.35. The minimum absolute atomic E-state index is 0.0844. The summed E-state index contributed by atoms with van der Waals surface area (Å²) in [7, 11) is 4.12. The van der Waals surface area contributed by atoms with Crippen LogP contribution >= 0.6 is 0 Å². The number of nitrogens with zero attached hydrogens (tertiary/aromatic N) is 1. The molecule has 0 fully saturated rings. The van der Waals surface area contributed by atoms with E-state index >= 15 is 0 Å². The maximum absolute atomic E-state index is 3.30. The van der Waals surface area contributed by atoms with Gasteiger partial charge in [-0.15, -0.1) is 0 Å². The number of benzene rings is 2. The zero-order valence-corrected chi connectivity index (χ0v) is 15.6. The molecule has 2 aromatic carbocycles. The van der Waals surface area contributed by atoms with Gasteiger partial charge in [0.15, 0.2) is 0 Å². The van der Waals surface area contributed by atoms with Gasteiger partial charge in [0.05, 0.1) is 5.54 Å². The molecule has 1 nitrogen and oxygen atoms in total. The van der Waals surface area contributed by atoms with Gasteiger partial charge in [-0.3, -0.25) is 4.90 Å². The summed E-state index contributed by atoms with van der Waals surface area (Å²) in [5, 5.41) is 2.71. The van der Waals surface area contributed by atoms with Gasteiger partial charge in [-0.05, 0) is 69.1 Å². The molecular formula is C23H29N. The summed E-state index contributed by atoms with van der Waals surface area (Å²) >= 11 is 0. The fraction of sp³-hybridized carbons (Fsp3) is 0.391. The third-order valence-electron chi connectivity index (χ3n) is 4.68. The summed E-state index contributed by atoms with van der Waals surface area (Å²) in [5.74, 6) is 7.09. The van der Waals surface area contributed by atoms with Gasteiger partial charge in [0.1, 0.15) is 0 Å². The van der Waals surface area contributed by atoms with Crippen molar-refractivity contribution in [1.29, 1.82) is 0 Å². The van der Waals surface area contributed by atoms with Gasteiger partial charge >= 0.3 is 0 Å². The molecule has 1 atom stereocenters. The van der Waals surface area contributed by atoms with Gasteiger partial charge in [-0.1, -0.05) is 67.3 Å². The quantitative estimate of drug-likeness (QED) is 0.675. The van der Waals surface area contributed by atoms with Crippen LogP contribution in [0.1, 0.15) is 32.8 Å². The molecule has 24 heavy (non-hydrogen) atoms. The Morgan fingerprint density at radius 3 is 2.54 bits per heavy atom. The van der Waals surface area contributed by atoms with E-state index in [9.17, 15) is 0 Å². The van der Waals surface area contributed by atoms with Crippen molar-refractivity contribution < 1.29 is 0 Å². The minimum atomic E-state index is -0.0844. The fourth-order valence-corrected chi connectivity index (χ4v) is 2.62. The molecule has 0 aliphatic heterocycles. The first-order valence-corrected chi connectivity index (χ1v) is 8.72. The van der Waals surface area contributed by atoms with E-state index in [1.165, 1.54) is 16.3 Å². The zero-order valence-electron chi connectivity index (χ0n) is 15.6. The molecule has 0 amide bonds. The van der Waals surface area contributed by atoms with E-state index < -0.39 is 0 Å². The summed E-state index contributed by atoms with van der Waals surface area (Å²) in [6.07, 6.45) is 6.36. The van der Waals surface area contributed by atoms with Gasteiger partial charge < -0.3 is 0 Å². The van der Waals surface area contributed by atoms with Crippen molar-refractivity contribution in [3.63, 3.8) is 0 Å². The maximum Gasteiger partial charge on any atom is 0.0767 e. The average molecular weight is 319 g/mol. The van der Waals surface area contributed by atoms with E-state index in [0.29, 0.717) is 5.92 Å². The Morgan fingerprint density at radius 2 is 1.79 bits per heavy atom. The molecule has 0 bridgehead atoms. The van der Waals surface area contributed by atoms with Crippen molar-refractivity contribution >= 4 is 10.8 Å². The van der Waals surface area contributed by atoms with Crippen LogP contribution in [-0.2, 0) is 6.42 Å². The minimum Gasteiger partial charge on any atom is -0.294 e. The summed E-state index contributed by atoms with van der Waals surface area (Å²) in [6.45, 7) is 6.58. The topological polar surface area (TPSA) is 3.24 Å². The molecule has 0 heterocycles. The highest BCUT2D eigenvalue weighted by molar-refractivity contribution is 5.85. The van der Waals surface area contributed by atoms with Crippen LogP contribution in [0.3, 0.4) is 0 Å². The second-order valence-electron chi connectivity index (χ2n) is 7.31. The summed E-state index contributed by atoms with van der Waals surface area (Å²) in [6, 6.07) is 15.2. The van der Waals surface area contributed by atoms with Crippen molar-refractivity contribution in [3.05, 3.63) is 60.2 Å². The predicted octanol–water partition coefficient (Wildman–Crippen LogP) is 5.31. The van der Waals surface area contributed by atoms with Gasteiger partial charge in [-0.25, -0.2) is 0 Å². The first kappa shape index (κ1) is 18.3. The van der Waals surface area contributed by atoms with Crippen molar-refractivity contribution in [3.8, 4) is 11.8 Å². The standard InChI is InChI=1S/C23H29N/c1-19(12-7-6-10-17-23(2,3)24(4)5)18-21-15-11-14-20-13-8-9-16-22(20)21/h6-9,11,13-16,19H,12,18H2,1-5H3/b7-6+. The number of rotatable bonds is 5. The Balaban J connectivity index is 1.95. The smallest absolute Gasteiger partial charge is 0.0767 e. The highest BCUT2D eigenvalue weighted by atomic mass is 15.1. The first-order valence-electron chi connectivity index (χ1n) is 8.72. The summed E-state index contributed by atoms with van der Waals surface area (Å²) in [4.78, 5) is 2.14. The van der Waals surface area contributed by atoms with Crippen LogP contribution in [0, 0.1) is 17.8 Å². The second kappa shape index (κ2) is 8.18. The van der Waals surface area contributed by atoms with Crippen LogP contribution in [0.5, 0.6) is 0 Å². The molecule has 1 unspecified atom stereocenters. The largest absolute Gasteiger partial charge is 0.294 e. The first-order chi connectivity index (χ1) is 11.4. The molecule has 0 saturated carbocycles. The van der Waals surface area contributed by atoms with Gasteiger partial charge in [-0.2, -0.15) is 0 Å². The Morgan fingerprint density at radius 1 is 1.08 bits per heavy atom. The Hall–Kier alpha value is -2.04. The van der Waals surface area contributed by atoms with Gasteiger partial charge in [0, 0.05) is 0 Å². The molecule has 2 aromatic rings. The predicted molar refractivity (Wildman–Crippen MR) is 106 cm³/mol. The van der Waals surface area contributed by atoms with E-state index in [2.05, 4.69) is 100 Å². The Bertz CT molecular complexity index is 751. The second-order valence-corrected chi connectivity index (χ2v) is 7.31. The van der Waals surface area contributed by atoms with E-state index in [1.54, 1.807) is 0 Å². The fourth-order valence-electron chi connectivity index (χ4n) is 2.62. The van der Waals surface area contributed by atoms with E-state index in [-0.39, 0.29) is 5.54 Å². The molecule has 0 spiro atoms. The third-order valence-corrected chi connectivity index (χ3v) is 4.68. The lowest BCUT2D eigenvalue weighted by Gasteiger charge is -2.26. The molecular weight excluding hydrogens is 290 g/mol. The van der Waals surface area contributed by atoms with Crippen molar-refractivity contribution in [2.45, 2.75) is 39.2 Å². The normalized spacial score (nSPS) is 13.2. The van der Waals surface area contributed by atoms with Gasteiger partial charge in [0.25, 0.3) is 0 Å². The highest BCUT2D eigenvalue weighted by Crippen LogP contribution is 2.22. The molecule has 0 aromatic heterocycles. The van der Waals surface area contributed by atoms with Crippen LogP contribution < -0.4 is 0 Å². The number of hydrogen-bond acceptors (Lipinski definition) is 1. The average Bonchev–Trinajstić information content (AvgIpc) is 2.54. The molecule has 1 heteroatoms. The molecule has 0 aliphatic carbocycles. The van der Waals surface area contributed by atoms with Crippen molar-refractivity contribution in [2.24, 2.45) is 5.92 Å². The molecule has 2 rings (SSSR count). The SMILES string of the molecule is CC(C/C=C/C#CC(C)(C)N(C)C)Cc1cccc2ccccc12. The molecule has 0 aliphatic rings. The lowest BCUT2D eigenvalue weighted by Crippen LogP contribution is -2.36. The zero-order chi connectivity index (χ0) is 17.6. The number of allylic oxidation sites excluding steroid dienone is 2. The Kier molecular flexibility index (Phi) is 6.23. The molecule has 126 valence electrons. The number of fused-ring (bicyclic) bond motifs is 1. The van der Waals surface area contributed by atoms with Crippen LogP contribution in [-0.4, -0.2) is 24.5 Å². The van der Waals surface area contributed by atoms with E-state index in [0.717, 1.165) is 12.8 Å². The van der Waals surface area contributed by atoms with Gasteiger partial charge in [0.2, 0.25) is 0 Å². The van der Waals surface area contributed by atoms with Crippen LogP contribution in [0.25, 0.3) is 10.8 Å². The lowest BCUT2D eigenvalue weighted by atomic mass is 9.94. The van der Waals surface area contributed by atoms with Crippen molar-refractivity contribution in [2.75, 3.05) is 14.1 Å². The Labute approximate surface area is 147 Å². The van der Waals surface area contributed by atoms with Crippen LogP contribution in [0.2, 0.25) is 0 Å². The molecule has 0 N–H and O–H groups in total. The van der Waals surface area contributed by atoms with Crippen LogP contribution in [0.4, 0.5) is 0 Å². The van der Waals surface area contributed by atoms with Crippen LogP contribution in [0.15, 0.2) is 54.6 Å².